The highest BCUT2D eigenvalue weighted by Crippen LogP contribution is 2.23. The molecule has 6 heteroatoms. The molecule has 132 valence electrons. The Hall–Kier alpha value is -3.02. The van der Waals surface area contributed by atoms with E-state index >= 15 is 0 Å². The van der Waals surface area contributed by atoms with Gasteiger partial charge in [0.25, 0.3) is 5.91 Å². The predicted octanol–water partition coefficient (Wildman–Crippen LogP) is 2.77. The number of hydrazone groups is 1. The van der Waals surface area contributed by atoms with Crippen LogP contribution in [-0.4, -0.2) is 36.9 Å². The van der Waals surface area contributed by atoms with Crippen LogP contribution in [0.4, 0.5) is 5.69 Å². The van der Waals surface area contributed by atoms with Gasteiger partial charge in [0.15, 0.2) is 6.61 Å². The minimum absolute atomic E-state index is 0.114. The fourth-order valence-corrected chi connectivity index (χ4v) is 2.30. The number of carbonyl (C=O) groups excluding carboxylic acids is 1. The van der Waals surface area contributed by atoms with Crippen molar-refractivity contribution < 1.29 is 14.6 Å². The van der Waals surface area contributed by atoms with Gasteiger partial charge in [-0.2, -0.15) is 5.10 Å². The van der Waals surface area contributed by atoms with Crippen molar-refractivity contribution in [1.82, 2.24) is 5.43 Å². The first kappa shape index (κ1) is 18.3. The molecule has 0 aliphatic carbocycles. The van der Waals surface area contributed by atoms with Gasteiger partial charge in [-0.05, 0) is 38.1 Å². The van der Waals surface area contributed by atoms with Crippen molar-refractivity contribution in [1.29, 1.82) is 0 Å². The molecule has 0 unspecified atom stereocenters. The standard InChI is InChI=1S/C19H23N3O3/c1-3-22(4-2)16-11-10-15(18(23)12-16)13-20-21-19(24)14-25-17-8-6-5-7-9-17/h5-13,23H,3-4,14H2,1-2H3,(H,21,24)/b20-13-. The number of phenols is 1. The SMILES string of the molecule is CCN(CC)c1ccc(/C=N\NC(=O)COc2ccccc2)c(O)c1. The zero-order valence-corrected chi connectivity index (χ0v) is 14.5. The Labute approximate surface area is 147 Å². The first-order valence-electron chi connectivity index (χ1n) is 8.21. The van der Waals surface area contributed by atoms with Crippen molar-refractivity contribution in [3.8, 4) is 11.5 Å². The van der Waals surface area contributed by atoms with E-state index in [1.54, 1.807) is 24.3 Å². The lowest BCUT2D eigenvalue weighted by Gasteiger charge is -2.21. The van der Waals surface area contributed by atoms with Gasteiger partial charge in [0.2, 0.25) is 0 Å². The van der Waals surface area contributed by atoms with Gasteiger partial charge in [-0.1, -0.05) is 18.2 Å². The summed E-state index contributed by atoms with van der Waals surface area (Å²) in [4.78, 5) is 13.8. The Kier molecular flexibility index (Phi) is 6.83. The largest absolute Gasteiger partial charge is 0.507 e. The summed E-state index contributed by atoms with van der Waals surface area (Å²) in [5.41, 5.74) is 3.84. The van der Waals surface area contributed by atoms with Gasteiger partial charge in [-0.25, -0.2) is 5.43 Å². The van der Waals surface area contributed by atoms with Crippen LogP contribution in [0.5, 0.6) is 11.5 Å². The first-order valence-corrected chi connectivity index (χ1v) is 8.21. The van der Waals surface area contributed by atoms with Gasteiger partial charge in [-0.3, -0.25) is 4.79 Å². The number of rotatable bonds is 8. The van der Waals surface area contributed by atoms with Gasteiger partial charge >= 0.3 is 0 Å². The second kappa shape index (κ2) is 9.32. The Morgan fingerprint density at radius 2 is 1.92 bits per heavy atom. The molecular formula is C19H23N3O3. The predicted molar refractivity (Wildman–Crippen MR) is 99.3 cm³/mol. The monoisotopic (exact) mass is 341 g/mol. The van der Waals surface area contributed by atoms with Crippen LogP contribution >= 0.6 is 0 Å². The highest BCUT2D eigenvalue weighted by atomic mass is 16.5. The lowest BCUT2D eigenvalue weighted by molar-refractivity contribution is -0.123. The van der Waals surface area contributed by atoms with E-state index in [0.717, 1.165) is 18.8 Å². The first-order chi connectivity index (χ1) is 12.1. The molecule has 0 fully saturated rings. The molecule has 0 spiro atoms. The Morgan fingerprint density at radius 3 is 2.56 bits per heavy atom. The molecule has 2 rings (SSSR count). The number of nitrogens with zero attached hydrogens (tertiary/aromatic N) is 2. The smallest absolute Gasteiger partial charge is 0.277 e. The molecule has 1 amide bonds. The molecule has 0 aromatic heterocycles. The van der Waals surface area contributed by atoms with Crippen molar-refractivity contribution >= 4 is 17.8 Å². The maximum absolute atomic E-state index is 11.7. The molecule has 0 bridgehead atoms. The molecule has 6 nitrogen and oxygen atoms in total. The number of benzene rings is 2. The van der Waals surface area contributed by atoms with Crippen LogP contribution in [0.2, 0.25) is 0 Å². The molecule has 2 aromatic rings. The van der Waals surface area contributed by atoms with Crippen molar-refractivity contribution in [3.63, 3.8) is 0 Å². The number of ether oxygens (including phenoxy) is 1. The van der Waals surface area contributed by atoms with Crippen LogP contribution in [0, 0.1) is 0 Å². The van der Waals surface area contributed by atoms with E-state index in [-0.39, 0.29) is 18.3 Å². The van der Waals surface area contributed by atoms with Gasteiger partial charge in [0.05, 0.1) is 6.21 Å². The highest BCUT2D eigenvalue weighted by molar-refractivity contribution is 5.86. The van der Waals surface area contributed by atoms with Gasteiger partial charge in [-0.15, -0.1) is 0 Å². The Morgan fingerprint density at radius 1 is 1.20 bits per heavy atom. The summed E-state index contributed by atoms with van der Waals surface area (Å²) in [6.07, 6.45) is 1.40. The highest BCUT2D eigenvalue weighted by Gasteiger charge is 2.06. The summed E-state index contributed by atoms with van der Waals surface area (Å²) in [5.74, 6) is 0.355. The van der Waals surface area contributed by atoms with Crippen molar-refractivity contribution in [3.05, 3.63) is 54.1 Å². The van der Waals surface area contributed by atoms with E-state index in [1.807, 2.05) is 24.3 Å². The van der Waals surface area contributed by atoms with Crippen molar-refractivity contribution in [2.24, 2.45) is 5.10 Å². The second-order valence-corrected chi connectivity index (χ2v) is 5.31. The van der Waals surface area contributed by atoms with Crippen LogP contribution in [0.1, 0.15) is 19.4 Å². The number of amides is 1. The number of anilines is 1. The quantitative estimate of drug-likeness (QED) is 0.572. The topological polar surface area (TPSA) is 74.2 Å². The Balaban J connectivity index is 1.87. The third-order valence-electron chi connectivity index (χ3n) is 3.65. The number of hydrogen-bond acceptors (Lipinski definition) is 5. The summed E-state index contributed by atoms with van der Waals surface area (Å²) in [6.45, 7) is 5.71. The normalized spacial score (nSPS) is 10.6. The van der Waals surface area contributed by atoms with Crippen LogP contribution < -0.4 is 15.1 Å². The molecule has 0 heterocycles. The summed E-state index contributed by atoms with van der Waals surface area (Å²) in [6, 6.07) is 14.4. The zero-order valence-electron chi connectivity index (χ0n) is 14.5. The number of para-hydroxylation sites is 1. The molecule has 2 N–H and O–H groups in total. The van der Waals surface area contributed by atoms with E-state index in [9.17, 15) is 9.90 Å². The molecule has 0 saturated heterocycles. The molecular weight excluding hydrogens is 318 g/mol. The van der Waals surface area contributed by atoms with Crippen LogP contribution in [0.3, 0.4) is 0 Å². The zero-order chi connectivity index (χ0) is 18.1. The van der Waals surface area contributed by atoms with Crippen LogP contribution in [0.15, 0.2) is 53.6 Å². The average Bonchev–Trinajstić information content (AvgIpc) is 2.63. The third-order valence-corrected chi connectivity index (χ3v) is 3.65. The number of nitrogens with one attached hydrogen (secondary N) is 1. The fraction of sp³-hybridized carbons (Fsp3) is 0.263. The lowest BCUT2D eigenvalue weighted by Crippen LogP contribution is -2.24. The number of phenolic OH excluding ortho intramolecular Hbond substituents is 1. The van der Waals surface area contributed by atoms with Crippen molar-refractivity contribution in [2.45, 2.75) is 13.8 Å². The third kappa shape index (κ3) is 5.53. The second-order valence-electron chi connectivity index (χ2n) is 5.31. The van der Waals surface area contributed by atoms with Gasteiger partial charge in [0.1, 0.15) is 11.5 Å². The summed E-state index contributed by atoms with van der Waals surface area (Å²) < 4.78 is 5.32. The summed E-state index contributed by atoms with van der Waals surface area (Å²) in [7, 11) is 0. The van der Waals surface area contributed by atoms with E-state index in [2.05, 4.69) is 29.3 Å². The van der Waals surface area contributed by atoms with E-state index in [0.29, 0.717) is 11.3 Å². The average molecular weight is 341 g/mol. The van der Waals surface area contributed by atoms with E-state index in [1.165, 1.54) is 6.21 Å². The van der Waals surface area contributed by atoms with E-state index in [4.69, 9.17) is 4.74 Å². The van der Waals surface area contributed by atoms with E-state index < -0.39 is 0 Å². The molecule has 25 heavy (non-hydrogen) atoms. The minimum Gasteiger partial charge on any atom is -0.507 e. The summed E-state index contributed by atoms with van der Waals surface area (Å²) >= 11 is 0. The number of hydrogen-bond donors (Lipinski definition) is 2. The fourth-order valence-electron chi connectivity index (χ4n) is 2.30. The Bertz CT molecular complexity index is 713. The lowest BCUT2D eigenvalue weighted by atomic mass is 10.2. The summed E-state index contributed by atoms with van der Waals surface area (Å²) in [5, 5.41) is 13.9. The van der Waals surface area contributed by atoms with Crippen molar-refractivity contribution in [2.75, 3.05) is 24.6 Å². The van der Waals surface area contributed by atoms with Gasteiger partial charge < -0.3 is 14.7 Å². The molecule has 0 aliphatic rings. The molecule has 0 atom stereocenters. The molecule has 0 aliphatic heterocycles. The van der Waals surface area contributed by atoms with Crippen LogP contribution in [-0.2, 0) is 4.79 Å². The minimum atomic E-state index is -0.376. The maximum Gasteiger partial charge on any atom is 0.277 e. The number of aromatic hydroxyl groups is 1. The maximum atomic E-state index is 11.7. The van der Waals surface area contributed by atoms with Gasteiger partial charge in [0, 0.05) is 30.4 Å². The molecule has 0 saturated carbocycles. The number of carbonyl (C=O) groups is 1. The van der Waals surface area contributed by atoms with Crippen LogP contribution in [0.25, 0.3) is 0 Å². The molecule has 0 radical (unpaired) electrons. The molecule has 2 aromatic carbocycles.